The van der Waals surface area contributed by atoms with E-state index in [0.717, 1.165) is 5.56 Å². The van der Waals surface area contributed by atoms with Gasteiger partial charge in [0.15, 0.2) is 0 Å². The summed E-state index contributed by atoms with van der Waals surface area (Å²) in [6.45, 7) is 6.96. The standard InChI is InChI=1S/C18H19ClN2O5/c1-11-7-12(19)5-6-16(11)25-15-9-13(8-14(10-15)21(23)24)20-17(22)26-18(2,3)4/h5-10H,1-4H3,(H,20,22). The summed E-state index contributed by atoms with van der Waals surface area (Å²) in [4.78, 5) is 22.5. The fourth-order valence-electron chi connectivity index (χ4n) is 2.10. The summed E-state index contributed by atoms with van der Waals surface area (Å²) >= 11 is 5.92. The fraction of sp³-hybridized carbons (Fsp3) is 0.278. The number of rotatable bonds is 4. The van der Waals surface area contributed by atoms with Crippen LogP contribution in [0.15, 0.2) is 36.4 Å². The van der Waals surface area contributed by atoms with E-state index in [-0.39, 0.29) is 17.1 Å². The topological polar surface area (TPSA) is 90.7 Å². The molecule has 0 aromatic heterocycles. The molecule has 0 aliphatic carbocycles. The van der Waals surface area contributed by atoms with Crippen LogP contribution in [-0.4, -0.2) is 16.6 Å². The largest absolute Gasteiger partial charge is 0.457 e. The van der Waals surface area contributed by atoms with Crippen LogP contribution in [0.4, 0.5) is 16.2 Å². The second-order valence-electron chi connectivity index (χ2n) is 6.61. The van der Waals surface area contributed by atoms with E-state index in [4.69, 9.17) is 21.1 Å². The maximum atomic E-state index is 11.9. The molecule has 0 spiro atoms. The van der Waals surface area contributed by atoms with Crippen molar-refractivity contribution in [1.82, 2.24) is 0 Å². The molecule has 1 N–H and O–H groups in total. The Morgan fingerprint density at radius 3 is 2.46 bits per heavy atom. The molecule has 0 saturated heterocycles. The summed E-state index contributed by atoms with van der Waals surface area (Å²) < 4.78 is 10.9. The van der Waals surface area contributed by atoms with E-state index in [9.17, 15) is 14.9 Å². The fourth-order valence-corrected chi connectivity index (χ4v) is 2.32. The first kappa shape index (κ1) is 19.5. The smallest absolute Gasteiger partial charge is 0.412 e. The van der Waals surface area contributed by atoms with Gasteiger partial charge in [0.25, 0.3) is 5.69 Å². The van der Waals surface area contributed by atoms with E-state index in [1.54, 1.807) is 45.9 Å². The number of hydrogen-bond acceptors (Lipinski definition) is 5. The second kappa shape index (κ2) is 7.61. The number of anilines is 1. The van der Waals surface area contributed by atoms with Crippen LogP contribution in [0.5, 0.6) is 11.5 Å². The first-order valence-corrected chi connectivity index (χ1v) is 8.15. The lowest BCUT2D eigenvalue weighted by molar-refractivity contribution is -0.384. The molecule has 2 aromatic carbocycles. The highest BCUT2D eigenvalue weighted by Crippen LogP contribution is 2.32. The van der Waals surface area contributed by atoms with Gasteiger partial charge in [0.1, 0.15) is 17.1 Å². The normalized spacial score (nSPS) is 11.0. The number of nitro benzene ring substituents is 1. The molecule has 0 unspecified atom stereocenters. The maximum Gasteiger partial charge on any atom is 0.412 e. The molecule has 0 bridgehead atoms. The summed E-state index contributed by atoms with van der Waals surface area (Å²) in [7, 11) is 0. The zero-order chi connectivity index (χ0) is 19.5. The third kappa shape index (κ3) is 5.63. The van der Waals surface area contributed by atoms with Crippen LogP contribution >= 0.6 is 11.6 Å². The van der Waals surface area contributed by atoms with Crippen LogP contribution in [0.25, 0.3) is 0 Å². The highest BCUT2D eigenvalue weighted by atomic mass is 35.5. The Kier molecular flexibility index (Phi) is 5.72. The van der Waals surface area contributed by atoms with E-state index in [1.807, 2.05) is 0 Å². The predicted octanol–water partition coefficient (Wildman–Crippen LogP) is 5.70. The van der Waals surface area contributed by atoms with Crippen LogP contribution in [0.1, 0.15) is 26.3 Å². The SMILES string of the molecule is Cc1cc(Cl)ccc1Oc1cc(NC(=O)OC(C)(C)C)cc([N+](=O)[O-])c1. The van der Waals surface area contributed by atoms with Crippen molar-refractivity contribution in [2.24, 2.45) is 0 Å². The quantitative estimate of drug-likeness (QED) is 0.544. The lowest BCUT2D eigenvalue weighted by Crippen LogP contribution is -2.27. The van der Waals surface area contributed by atoms with Crippen LogP contribution < -0.4 is 10.1 Å². The van der Waals surface area contributed by atoms with Crippen molar-refractivity contribution in [3.05, 3.63) is 57.1 Å². The Hall–Kier alpha value is -2.80. The van der Waals surface area contributed by atoms with Gasteiger partial charge in [0, 0.05) is 17.2 Å². The average Bonchev–Trinajstić information content (AvgIpc) is 2.47. The molecule has 2 rings (SSSR count). The molecule has 8 heteroatoms. The average molecular weight is 379 g/mol. The lowest BCUT2D eigenvalue weighted by atomic mass is 10.2. The number of carbonyl (C=O) groups excluding carboxylic acids is 1. The van der Waals surface area contributed by atoms with Crippen LogP contribution in [0, 0.1) is 17.0 Å². The molecule has 138 valence electrons. The Bertz CT molecular complexity index is 846. The summed E-state index contributed by atoms with van der Waals surface area (Å²) in [6.07, 6.45) is -0.716. The van der Waals surface area contributed by atoms with Crippen molar-refractivity contribution in [2.45, 2.75) is 33.3 Å². The van der Waals surface area contributed by atoms with Crippen molar-refractivity contribution in [1.29, 1.82) is 0 Å². The number of benzene rings is 2. The number of ether oxygens (including phenoxy) is 2. The molecular weight excluding hydrogens is 360 g/mol. The van der Waals surface area contributed by atoms with Gasteiger partial charge in [-0.15, -0.1) is 0 Å². The molecule has 2 aromatic rings. The van der Waals surface area contributed by atoms with Gasteiger partial charge < -0.3 is 9.47 Å². The number of hydrogen-bond donors (Lipinski definition) is 1. The molecule has 1 amide bonds. The van der Waals surface area contributed by atoms with Crippen molar-refractivity contribution in [3.63, 3.8) is 0 Å². The third-order valence-corrected chi connectivity index (χ3v) is 3.35. The monoisotopic (exact) mass is 378 g/mol. The zero-order valence-electron chi connectivity index (χ0n) is 14.8. The molecule has 7 nitrogen and oxygen atoms in total. The summed E-state index contributed by atoms with van der Waals surface area (Å²) in [5.41, 5.74) is 0.0470. The highest BCUT2D eigenvalue weighted by Gasteiger charge is 2.18. The van der Waals surface area contributed by atoms with Gasteiger partial charge in [0.2, 0.25) is 0 Å². The Balaban J connectivity index is 2.30. The number of nitro groups is 1. The van der Waals surface area contributed by atoms with Crippen LogP contribution in [-0.2, 0) is 4.74 Å². The lowest BCUT2D eigenvalue weighted by Gasteiger charge is -2.19. The number of nitrogens with one attached hydrogen (secondary N) is 1. The number of amides is 1. The minimum atomic E-state index is -0.716. The molecule has 0 aliphatic heterocycles. The molecule has 0 aliphatic rings. The van der Waals surface area contributed by atoms with E-state index in [0.29, 0.717) is 10.8 Å². The van der Waals surface area contributed by atoms with Crippen molar-refractivity contribution in [3.8, 4) is 11.5 Å². The van der Waals surface area contributed by atoms with Gasteiger partial charge in [-0.1, -0.05) is 11.6 Å². The minimum Gasteiger partial charge on any atom is -0.457 e. The molecule has 0 atom stereocenters. The van der Waals surface area contributed by atoms with E-state index < -0.39 is 16.6 Å². The molecule has 0 saturated carbocycles. The number of aryl methyl sites for hydroxylation is 1. The van der Waals surface area contributed by atoms with E-state index >= 15 is 0 Å². The summed E-state index contributed by atoms with van der Waals surface area (Å²) in [5.74, 6) is 0.703. The van der Waals surface area contributed by atoms with Gasteiger partial charge in [-0.05, 0) is 51.5 Å². The van der Waals surface area contributed by atoms with Gasteiger partial charge in [0.05, 0.1) is 16.7 Å². The van der Waals surface area contributed by atoms with Gasteiger partial charge >= 0.3 is 6.09 Å². The molecular formula is C18H19ClN2O5. The third-order valence-electron chi connectivity index (χ3n) is 3.11. The van der Waals surface area contributed by atoms with Crippen molar-refractivity contribution >= 4 is 29.1 Å². The second-order valence-corrected chi connectivity index (χ2v) is 7.05. The number of carbonyl (C=O) groups is 1. The van der Waals surface area contributed by atoms with Crippen LogP contribution in [0.2, 0.25) is 5.02 Å². The highest BCUT2D eigenvalue weighted by molar-refractivity contribution is 6.30. The Morgan fingerprint density at radius 2 is 1.88 bits per heavy atom. The summed E-state index contributed by atoms with van der Waals surface area (Å²) in [6, 6.07) is 9.01. The zero-order valence-corrected chi connectivity index (χ0v) is 15.6. The number of non-ortho nitro benzene ring substituents is 1. The number of nitrogens with zero attached hydrogens (tertiary/aromatic N) is 1. The van der Waals surface area contributed by atoms with Gasteiger partial charge in [-0.25, -0.2) is 4.79 Å². The predicted molar refractivity (Wildman–Crippen MR) is 99.2 cm³/mol. The van der Waals surface area contributed by atoms with Crippen molar-refractivity contribution < 1.29 is 19.2 Å². The number of halogens is 1. The van der Waals surface area contributed by atoms with Gasteiger partial charge in [-0.2, -0.15) is 0 Å². The summed E-state index contributed by atoms with van der Waals surface area (Å²) in [5, 5.41) is 14.2. The van der Waals surface area contributed by atoms with E-state index in [2.05, 4.69) is 5.32 Å². The Morgan fingerprint density at radius 1 is 1.19 bits per heavy atom. The first-order valence-electron chi connectivity index (χ1n) is 7.77. The molecule has 0 radical (unpaired) electrons. The molecule has 0 fully saturated rings. The van der Waals surface area contributed by atoms with Crippen LogP contribution in [0.3, 0.4) is 0 Å². The van der Waals surface area contributed by atoms with Gasteiger partial charge in [-0.3, -0.25) is 15.4 Å². The maximum absolute atomic E-state index is 11.9. The first-order chi connectivity index (χ1) is 12.0. The van der Waals surface area contributed by atoms with E-state index in [1.165, 1.54) is 18.2 Å². The molecule has 26 heavy (non-hydrogen) atoms. The minimum absolute atomic E-state index is 0.190. The Labute approximate surface area is 156 Å². The molecule has 0 heterocycles. The van der Waals surface area contributed by atoms with Crippen molar-refractivity contribution in [2.75, 3.05) is 5.32 Å².